The minimum Gasteiger partial charge on any atom is -0.397 e. The minimum absolute atomic E-state index is 0.754. The highest BCUT2D eigenvalue weighted by molar-refractivity contribution is 6.44. The Kier molecular flexibility index (Phi) is 47.1. The van der Waals surface area contributed by atoms with Crippen molar-refractivity contribution in [3.05, 3.63) is 0 Å². The maximum absolute atomic E-state index is 6.27. The van der Waals surface area contributed by atoms with Gasteiger partial charge >= 0.3 is 9.28 Å². The van der Waals surface area contributed by atoms with Gasteiger partial charge in [0, 0.05) is 26.4 Å². The molecule has 0 fully saturated rings. The van der Waals surface area contributed by atoms with E-state index in [4.69, 9.17) is 19.3 Å². The molecule has 0 aliphatic rings. The van der Waals surface area contributed by atoms with Crippen LogP contribution in [0.4, 0.5) is 0 Å². The van der Waals surface area contributed by atoms with Gasteiger partial charge in [-0.3, -0.25) is 0 Å². The smallest absolute Gasteiger partial charge is 0.321 e. The lowest BCUT2D eigenvalue weighted by molar-refractivity contribution is 0.125. The zero-order valence-electron chi connectivity index (χ0n) is 34.8. The molecule has 1 unspecified atom stereocenters. The lowest BCUT2D eigenvalue weighted by Gasteiger charge is -2.16. The third-order valence-electron chi connectivity index (χ3n) is 10.6. The standard InChI is InChI=1S/C45H95NO3Si/c1-3-5-7-9-11-13-15-16-17-21-25-29-33-37-43-48-50(45-39-40-46)49-44-38-34-30-26-22-19-18-20-24-28-32-36-42-47-41-35-31-27-23-14-12-10-8-6-4-2/h50H,3-46H2,1-2H3. The van der Waals surface area contributed by atoms with Crippen LogP contribution in [-0.4, -0.2) is 42.3 Å². The summed E-state index contributed by atoms with van der Waals surface area (Å²) < 4.78 is 18.4. The van der Waals surface area contributed by atoms with Gasteiger partial charge in [0.1, 0.15) is 0 Å². The van der Waals surface area contributed by atoms with Gasteiger partial charge in [0.15, 0.2) is 0 Å². The number of hydrogen-bond donors (Lipinski definition) is 1. The summed E-state index contributed by atoms with van der Waals surface area (Å²) >= 11 is 0. The molecule has 4 nitrogen and oxygen atoms in total. The van der Waals surface area contributed by atoms with E-state index in [1.807, 2.05) is 0 Å². The molecule has 0 rings (SSSR count). The van der Waals surface area contributed by atoms with Crippen molar-refractivity contribution in [2.24, 2.45) is 5.73 Å². The van der Waals surface area contributed by atoms with Crippen LogP contribution >= 0.6 is 0 Å². The first kappa shape index (κ1) is 50.1. The summed E-state index contributed by atoms with van der Waals surface area (Å²) in [6.07, 6.45) is 50.9. The van der Waals surface area contributed by atoms with Crippen LogP contribution in [0.3, 0.4) is 0 Å². The van der Waals surface area contributed by atoms with E-state index in [0.717, 1.165) is 45.4 Å². The Morgan fingerprint density at radius 1 is 0.300 bits per heavy atom. The average molecular weight is 726 g/mol. The monoisotopic (exact) mass is 726 g/mol. The third kappa shape index (κ3) is 44.2. The summed E-state index contributed by atoms with van der Waals surface area (Å²) in [5.41, 5.74) is 5.79. The number of rotatable bonds is 46. The van der Waals surface area contributed by atoms with E-state index in [9.17, 15) is 0 Å². The Balaban J connectivity index is 3.37. The van der Waals surface area contributed by atoms with Gasteiger partial charge in [-0.15, -0.1) is 0 Å². The van der Waals surface area contributed by atoms with Crippen LogP contribution in [-0.2, 0) is 13.6 Å². The van der Waals surface area contributed by atoms with Crippen molar-refractivity contribution in [3.8, 4) is 0 Å². The summed E-state index contributed by atoms with van der Waals surface area (Å²) in [5, 5.41) is 0. The second kappa shape index (κ2) is 47.1. The quantitative estimate of drug-likeness (QED) is 0.0501. The molecule has 0 aromatic rings. The molecule has 50 heavy (non-hydrogen) atoms. The van der Waals surface area contributed by atoms with Gasteiger partial charge in [-0.25, -0.2) is 0 Å². The van der Waals surface area contributed by atoms with Gasteiger partial charge < -0.3 is 19.3 Å². The second-order valence-corrected chi connectivity index (χ2v) is 17.8. The molecule has 0 aliphatic carbocycles. The summed E-state index contributed by atoms with van der Waals surface area (Å²) in [6.45, 7) is 9.10. The molecule has 0 aromatic carbocycles. The number of unbranched alkanes of at least 4 members (excludes halogenated alkanes) is 33. The van der Waals surface area contributed by atoms with Crippen LogP contribution < -0.4 is 5.73 Å². The van der Waals surface area contributed by atoms with E-state index in [1.54, 1.807) is 0 Å². The molecule has 0 heterocycles. The largest absolute Gasteiger partial charge is 0.397 e. The molecule has 0 saturated heterocycles. The van der Waals surface area contributed by atoms with Crippen molar-refractivity contribution >= 4 is 9.28 Å². The Hall–Kier alpha value is 0.0569. The summed E-state index contributed by atoms with van der Waals surface area (Å²) in [4.78, 5) is 0. The van der Waals surface area contributed by atoms with E-state index in [1.165, 1.54) is 231 Å². The molecular weight excluding hydrogens is 631 g/mol. The highest BCUT2D eigenvalue weighted by Gasteiger charge is 2.12. The molecule has 0 radical (unpaired) electrons. The summed E-state index contributed by atoms with van der Waals surface area (Å²) in [5.74, 6) is 0. The van der Waals surface area contributed by atoms with Gasteiger partial charge in [-0.05, 0) is 44.7 Å². The molecule has 0 saturated carbocycles. The molecule has 2 N–H and O–H groups in total. The van der Waals surface area contributed by atoms with Crippen LogP contribution in [0.15, 0.2) is 0 Å². The van der Waals surface area contributed by atoms with Crippen molar-refractivity contribution < 1.29 is 13.6 Å². The fourth-order valence-electron chi connectivity index (χ4n) is 7.09. The maximum atomic E-state index is 6.27. The van der Waals surface area contributed by atoms with Crippen molar-refractivity contribution in [1.29, 1.82) is 0 Å². The third-order valence-corrected chi connectivity index (χ3v) is 12.7. The predicted molar refractivity (Wildman–Crippen MR) is 226 cm³/mol. The molecule has 0 amide bonds. The van der Waals surface area contributed by atoms with Crippen molar-refractivity contribution in [2.75, 3.05) is 33.0 Å². The average Bonchev–Trinajstić information content (AvgIpc) is 3.13. The Labute approximate surface area is 318 Å². The van der Waals surface area contributed by atoms with Gasteiger partial charge in [-0.1, -0.05) is 219 Å². The zero-order valence-corrected chi connectivity index (χ0v) is 35.9. The van der Waals surface area contributed by atoms with Crippen LogP contribution in [0.5, 0.6) is 0 Å². The Morgan fingerprint density at radius 2 is 0.540 bits per heavy atom. The maximum Gasteiger partial charge on any atom is 0.321 e. The molecule has 1 atom stereocenters. The van der Waals surface area contributed by atoms with E-state index in [2.05, 4.69) is 13.8 Å². The molecule has 302 valence electrons. The fraction of sp³-hybridized carbons (Fsp3) is 1.00. The molecule has 5 heteroatoms. The molecule has 0 aliphatic heterocycles. The van der Waals surface area contributed by atoms with Crippen LogP contribution in [0.2, 0.25) is 6.04 Å². The van der Waals surface area contributed by atoms with Gasteiger partial charge in [0.2, 0.25) is 0 Å². The van der Waals surface area contributed by atoms with E-state index in [-0.39, 0.29) is 0 Å². The Bertz CT molecular complexity index is 581. The van der Waals surface area contributed by atoms with Gasteiger partial charge in [-0.2, -0.15) is 0 Å². The number of hydrogen-bond acceptors (Lipinski definition) is 4. The highest BCUT2D eigenvalue weighted by Crippen LogP contribution is 2.15. The van der Waals surface area contributed by atoms with Gasteiger partial charge in [0.05, 0.1) is 0 Å². The Morgan fingerprint density at radius 3 is 0.800 bits per heavy atom. The van der Waals surface area contributed by atoms with Crippen LogP contribution in [0, 0.1) is 0 Å². The fourth-order valence-corrected chi connectivity index (χ4v) is 8.95. The molecule has 0 bridgehead atoms. The van der Waals surface area contributed by atoms with Crippen LogP contribution in [0.25, 0.3) is 0 Å². The van der Waals surface area contributed by atoms with E-state index < -0.39 is 9.28 Å². The topological polar surface area (TPSA) is 53.7 Å². The van der Waals surface area contributed by atoms with Crippen molar-refractivity contribution in [2.45, 2.75) is 257 Å². The first-order chi connectivity index (χ1) is 24.8. The molecule has 0 spiro atoms. The number of nitrogens with two attached hydrogens (primary N) is 1. The lowest BCUT2D eigenvalue weighted by Crippen LogP contribution is -2.25. The SMILES string of the molecule is CCCCCCCCCCCCCCCCO[SiH](CCCN)OCCCCCCCCCCCCCCOCCCCCCCCCCCC. The van der Waals surface area contributed by atoms with Crippen LogP contribution in [0.1, 0.15) is 251 Å². The van der Waals surface area contributed by atoms with Crippen molar-refractivity contribution in [1.82, 2.24) is 0 Å². The second-order valence-electron chi connectivity index (χ2n) is 15.7. The predicted octanol–water partition coefficient (Wildman–Crippen LogP) is 14.7. The normalized spacial score (nSPS) is 12.3. The molecule has 0 aromatic heterocycles. The number of ether oxygens (including phenoxy) is 1. The molecular formula is C45H95NO3Si. The minimum atomic E-state index is -1.53. The zero-order chi connectivity index (χ0) is 36.1. The summed E-state index contributed by atoms with van der Waals surface area (Å²) in [6, 6.07) is 1.07. The van der Waals surface area contributed by atoms with Crippen molar-refractivity contribution in [3.63, 3.8) is 0 Å². The first-order valence-corrected chi connectivity index (χ1v) is 25.1. The highest BCUT2D eigenvalue weighted by atomic mass is 28.3. The van der Waals surface area contributed by atoms with Gasteiger partial charge in [0.25, 0.3) is 0 Å². The first-order valence-electron chi connectivity index (χ1n) is 23.4. The lowest BCUT2D eigenvalue weighted by atomic mass is 10.0. The summed E-state index contributed by atoms with van der Waals surface area (Å²) in [7, 11) is -1.53. The van der Waals surface area contributed by atoms with E-state index in [0.29, 0.717) is 0 Å². The van der Waals surface area contributed by atoms with E-state index >= 15 is 0 Å².